The van der Waals surface area contributed by atoms with Crippen LogP contribution in [-0.4, -0.2) is 4.92 Å². The van der Waals surface area contributed by atoms with Crippen LogP contribution in [0.25, 0.3) is 11.3 Å². The lowest BCUT2D eigenvalue weighted by molar-refractivity contribution is -0.384. The van der Waals surface area contributed by atoms with Crippen molar-refractivity contribution in [3.8, 4) is 11.3 Å². The number of alkyl halides is 1. The highest BCUT2D eigenvalue weighted by atomic mass is 127. The summed E-state index contributed by atoms with van der Waals surface area (Å²) in [6.07, 6.45) is 0. The molecule has 0 aliphatic carbocycles. The van der Waals surface area contributed by atoms with Crippen LogP contribution in [0.5, 0.6) is 0 Å². The van der Waals surface area contributed by atoms with Crippen molar-refractivity contribution in [2.24, 2.45) is 0 Å². The van der Waals surface area contributed by atoms with E-state index in [1.807, 2.05) is 12.1 Å². The predicted octanol–water partition coefficient (Wildman–Crippen LogP) is 3.79. The summed E-state index contributed by atoms with van der Waals surface area (Å²) in [5.41, 5.74) is 0.801. The van der Waals surface area contributed by atoms with E-state index >= 15 is 0 Å². The van der Waals surface area contributed by atoms with Crippen LogP contribution in [0.3, 0.4) is 0 Å². The van der Waals surface area contributed by atoms with Gasteiger partial charge in [0.05, 0.1) is 9.35 Å². The molecule has 0 amide bonds. The lowest BCUT2D eigenvalue weighted by atomic mass is 10.1. The van der Waals surface area contributed by atoms with E-state index in [1.54, 1.807) is 12.1 Å². The quantitative estimate of drug-likeness (QED) is 0.373. The molecule has 0 aliphatic rings. The molecule has 16 heavy (non-hydrogen) atoms. The van der Waals surface area contributed by atoms with Crippen molar-refractivity contribution >= 4 is 28.3 Å². The summed E-state index contributed by atoms with van der Waals surface area (Å²) >= 11 is 2.20. The standard InChI is InChI=1S/C11H8INO3/c12-7-10-4-5-11(16-10)8-2-1-3-9(6-8)13(14)15/h1-6H,7H2. The number of nitrogens with zero attached hydrogens (tertiary/aromatic N) is 1. The number of hydrogen-bond acceptors (Lipinski definition) is 3. The maximum Gasteiger partial charge on any atom is 0.270 e. The summed E-state index contributed by atoms with van der Waals surface area (Å²) in [4.78, 5) is 10.2. The number of hydrogen-bond donors (Lipinski definition) is 0. The van der Waals surface area contributed by atoms with E-state index in [0.717, 1.165) is 15.8 Å². The molecule has 2 rings (SSSR count). The van der Waals surface area contributed by atoms with Crippen LogP contribution >= 0.6 is 22.6 Å². The van der Waals surface area contributed by atoms with Gasteiger partial charge in [-0.1, -0.05) is 34.7 Å². The van der Waals surface area contributed by atoms with Gasteiger partial charge >= 0.3 is 0 Å². The van der Waals surface area contributed by atoms with E-state index in [0.29, 0.717) is 5.76 Å². The number of nitro benzene ring substituents is 1. The molecule has 0 bridgehead atoms. The van der Waals surface area contributed by atoms with Crippen molar-refractivity contribution < 1.29 is 9.34 Å². The number of halogens is 1. The maximum atomic E-state index is 10.6. The Labute approximate surface area is 106 Å². The van der Waals surface area contributed by atoms with Crippen LogP contribution in [0.4, 0.5) is 5.69 Å². The molecule has 0 saturated carbocycles. The number of benzene rings is 1. The SMILES string of the molecule is O=[N+]([O-])c1cccc(-c2ccc(CI)o2)c1. The third kappa shape index (κ3) is 2.24. The molecule has 0 unspecified atom stereocenters. The normalized spacial score (nSPS) is 10.3. The molecular formula is C11H8INO3. The molecule has 0 fully saturated rings. The zero-order valence-corrected chi connectivity index (χ0v) is 10.4. The van der Waals surface area contributed by atoms with Crippen molar-refractivity contribution in [3.63, 3.8) is 0 Å². The maximum absolute atomic E-state index is 10.6. The van der Waals surface area contributed by atoms with Crippen molar-refractivity contribution in [1.82, 2.24) is 0 Å². The third-order valence-electron chi connectivity index (χ3n) is 2.13. The topological polar surface area (TPSA) is 56.3 Å². The van der Waals surface area contributed by atoms with Crippen molar-refractivity contribution in [1.29, 1.82) is 0 Å². The van der Waals surface area contributed by atoms with Crippen molar-refractivity contribution in [3.05, 3.63) is 52.3 Å². The molecule has 0 spiro atoms. The molecule has 1 aromatic carbocycles. The van der Waals surface area contributed by atoms with Gasteiger partial charge in [-0.15, -0.1) is 0 Å². The van der Waals surface area contributed by atoms with E-state index in [4.69, 9.17) is 4.42 Å². The molecule has 2 aromatic rings. The summed E-state index contributed by atoms with van der Waals surface area (Å²) in [5.74, 6) is 1.53. The van der Waals surface area contributed by atoms with Gasteiger partial charge in [-0.3, -0.25) is 10.1 Å². The predicted molar refractivity (Wildman–Crippen MR) is 68.5 cm³/mol. The van der Waals surface area contributed by atoms with Gasteiger partial charge in [0, 0.05) is 17.7 Å². The number of furan rings is 1. The Morgan fingerprint density at radius 3 is 2.75 bits per heavy atom. The van der Waals surface area contributed by atoms with Crippen LogP contribution in [0.2, 0.25) is 0 Å². The molecule has 1 heterocycles. The average Bonchev–Trinajstić information content (AvgIpc) is 2.77. The Bertz CT molecular complexity index is 521. The molecule has 0 radical (unpaired) electrons. The fourth-order valence-corrected chi connectivity index (χ4v) is 1.79. The summed E-state index contributed by atoms with van der Waals surface area (Å²) in [7, 11) is 0. The first-order valence-corrected chi connectivity index (χ1v) is 6.13. The first kappa shape index (κ1) is 11.1. The van der Waals surface area contributed by atoms with E-state index in [1.165, 1.54) is 12.1 Å². The number of non-ortho nitro benzene ring substituents is 1. The van der Waals surface area contributed by atoms with Gasteiger partial charge in [0.25, 0.3) is 5.69 Å². The summed E-state index contributed by atoms with van der Waals surface area (Å²) in [6.45, 7) is 0. The van der Waals surface area contributed by atoms with E-state index < -0.39 is 4.92 Å². The highest BCUT2D eigenvalue weighted by Crippen LogP contribution is 2.26. The van der Waals surface area contributed by atoms with E-state index in [-0.39, 0.29) is 5.69 Å². The highest BCUT2D eigenvalue weighted by Gasteiger charge is 2.09. The van der Waals surface area contributed by atoms with Gasteiger partial charge in [-0.05, 0) is 12.1 Å². The van der Waals surface area contributed by atoms with Gasteiger partial charge in [0.2, 0.25) is 0 Å². The first-order valence-electron chi connectivity index (χ1n) is 4.60. The minimum absolute atomic E-state index is 0.0740. The lowest BCUT2D eigenvalue weighted by Gasteiger charge is -1.96. The van der Waals surface area contributed by atoms with Crippen molar-refractivity contribution in [2.45, 2.75) is 4.43 Å². The molecular weight excluding hydrogens is 321 g/mol. The first-order chi connectivity index (χ1) is 7.70. The van der Waals surface area contributed by atoms with Gasteiger partial charge < -0.3 is 4.42 Å². The van der Waals surface area contributed by atoms with Crippen LogP contribution in [0.1, 0.15) is 5.76 Å². The van der Waals surface area contributed by atoms with Gasteiger partial charge in [-0.2, -0.15) is 0 Å². The molecule has 82 valence electrons. The fourth-order valence-electron chi connectivity index (χ4n) is 1.38. The Morgan fingerprint density at radius 1 is 1.31 bits per heavy atom. The molecule has 5 heteroatoms. The Morgan fingerprint density at radius 2 is 2.12 bits per heavy atom. The monoisotopic (exact) mass is 329 g/mol. The van der Waals surface area contributed by atoms with Gasteiger partial charge in [-0.25, -0.2) is 0 Å². The molecule has 1 aromatic heterocycles. The minimum atomic E-state index is -0.411. The van der Waals surface area contributed by atoms with Crippen LogP contribution in [0.15, 0.2) is 40.8 Å². The smallest absolute Gasteiger partial charge is 0.270 e. The van der Waals surface area contributed by atoms with Crippen LogP contribution < -0.4 is 0 Å². The summed E-state index contributed by atoms with van der Waals surface area (Å²) in [6, 6.07) is 10.1. The summed E-state index contributed by atoms with van der Waals surface area (Å²) < 4.78 is 6.31. The second-order valence-corrected chi connectivity index (χ2v) is 3.97. The second-order valence-electron chi connectivity index (χ2n) is 3.21. The highest BCUT2D eigenvalue weighted by molar-refractivity contribution is 14.1. The molecule has 0 aliphatic heterocycles. The van der Waals surface area contributed by atoms with Crippen LogP contribution in [0, 0.1) is 10.1 Å². The minimum Gasteiger partial charge on any atom is -0.460 e. The zero-order chi connectivity index (χ0) is 11.5. The zero-order valence-electron chi connectivity index (χ0n) is 8.22. The van der Waals surface area contributed by atoms with Gasteiger partial charge in [0.15, 0.2) is 0 Å². The molecule has 0 N–H and O–H groups in total. The lowest BCUT2D eigenvalue weighted by Crippen LogP contribution is -1.87. The van der Waals surface area contributed by atoms with Crippen LogP contribution in [-0.2, 0) is 4.43 Å². The largest absolute Gasteiger partial charge is 0.460 e. The van der Waals surface area contributed by atoms with Crippen molar-refractivity contribution in [2.75, 3.05) is 0 Å². The fraction of sp³-hybridized carbons (Fsp3) is 0.0909. The second kappa shape index (κ2) is 4.65. The average molecular weight is 329 g/mol. The Hall–Kier alpha value is -1.37. The van der Waals surface area contributed by atoms with Gasteiger partial charge in [0.1, 0.15) is 11.5 Å². The number of nitro groups is 1. The van der Waals surface area contributed by atoms with E-state index in [2.05, 4.69) is 22.6 Å². The Balaban J connectivity index is 2.40. The molecule has 4 nitrogen and oxygen atoms in total. The third-order valence-corrected chi connectivity index (χ3v) is 2.89. The van der Waals surface area contributed by atoms with E-state index in [9.17, 15) is 10.1 Å². The summed E-state index contributed by atoms with van der Waals surface area (Å²) in [5, 5.41) is 10.6. The molecule has 0 saturated heterocycles. The molecule has 0 atom stereocenters. The number of rotatable bonds is 3. The Kier molecular flexibility index (Phi) is 3.23.